The van der Waals surface area contributed by atoms with Gasteiger partial charge in [0, 0.05) is 36.5 Å². The molecule has 26 heavy (non-hydrogen) atoms. The molecule has 1 aliphatic rings. The normalized spacial score (nSPS) is 17.0. The Bertz CT molecular complexity index is 730. The number of aromatic nitrogens is 1. The minimum absolute atomic E-state index is 0.0937. The van der Waals surface area contributed by atoms with Crippen LogP contribution in [0.3, 0.4) is 0 Å². The Hall–Kier alpha value is -2.56. The van der Waals surface area contributed by atoms with Gasteiger partial charge < -0.3 is 14.4 Å². The number of carbonyl (C=O) groups excluding carboxylic acids is 1. The summed E-state index contributed by atoms with van der Waals surface area (Å²) in [5, 5.41) is 0. The number of pyridine rings is 1. The molecule has 2 heterocycles. The maximum absolute atomic E-state index is 12.8. The molecule has 0 aliphatic carbocycles. The molecule has 5 nitrogen and oxygen atoms in total. The molecular formula is C21H26N2O3. The van der Waals surface area contributed by atoms with Gasteiger partial charge in [0.1, 0.15) is 11.5 Å². The van der Waals surface area contributed by atoms with Crippen molar-refractivity contribution in [3.05, 3.63) is 53.9 Å². The molecule has 1 aromatic carbocycles. The molecule has 0 spiro atoms. The summed E-state index contributed by atoms with van der Waals surface area (Å²) < 4.78 is 11.1. The summed E-state index contributed by atoms with van der Waals surface area (Å²) >= 11 is 0. The Balaban J connectivity index is 1.56. The van der Waals surface area contributed by atoms with Crippen LogP contribution in [-0.4, -0.2) is 42.6 Å². The number of aryl methyl sites for hydroxylation is 1. The monoisotopic (exact) mass is 354 g/mol. The predicted molar refractivity (Wildman–Crippen MR) is 101 cm³/mol. The van der Waals surface area contributed by atoms with Crippen LogP contribution in [0.2, 0.25) is 0 Å². The summed E-state index contributed by atoms with van der Waals surface area (Å²) in [6, 6.07) is 11.3. The first-order valence-electron chi connectivity index (χ1n) is 9.20. The first kappa shape index (κ1) is 18.2. The number of likely N-dealkylation sites (tertiary alicyclic amines) is 1. The van der Waals surface area contributed by atoms with Crippen LogP contribution in [0.25, 0.3) is 0 Å². The zero-order chi connectivity index (χ0) is 18.4. The molecule has 1 atom stereocenters. The van der Waals surface area contributed by atoms with Crippen molar-refractivity contribution in [1.82, 2.24) is 9.88 Å². The van der Waals surface area contributed by atoms with Gasteiger partial charge in [-0.1, -0.05) is 6.92 Å². The number of hydrogen-bond donors (Lipinski definition) is 0. The number of methoxy groups -OCH3 is 1. The maximum Gasteiger partial charge on any atom is 0.253 e. The van der Waals surface area contributed by atoms with E-state index in [0.29, 0.717) is 12.5 Å². The van der Waals surface area contributed by atoms with Gasteiger partial charge >= 0.3 is 0 Å². The highest BCUT2D eigenvalue weighted by molar-refractivity contribution is 5.94. The Morgan fingerprint density at radius 3 is 2.73 bits per heavy atom. The van der Waals surface area contributed by atoms with E-state index in [4.69, 9.17) is 9.47 Å². The van der Waals surface area contributed by atoms with Crippen molar-refractivity contribution in [2.24, 2.45) is 5.92 Å². The predicted octanol–water partition coefficient (Wildman–Crippen LogP) is 3.58. The number of benzene rings is 1. The van der Waals surface area contributed by atoms with Crippen LogP contribution in [0.15, 0.2) is 42.6 Å². The summed E-state index contributed by atoms with van der Waals surface area (Å²) in [6.07, 6.45) is 4.64. The topological polar surface area (TPSA) is 51.7 Å². The van der Waals surface area contributed by atoms with E-state index in [1.54, 1.807) is 19.4 Å². The van der Waals surface area contributed by atoms with Gasteiger partial charge in [-0.05, 0) is 55.7 Å². The average molecular weight is 354 g/mol. The molecule has 3 rings (SSSR count). The quantitative estimate of drug-likeness (QED) is 0.796. The van der Waals surface area contributed by atoms with E-state index in [9.17, 15) is 4.79 Å². The van der Waals surface area contributed by atoms with Crippen molar-refractivity contribution in [3.63, 3.8) is 0 Å². The lowest BCUT2D eigenvalue weighted by Crippen LogP contribution is -2.41. The molecule has 1 fully saturated rings. The molecule has 0 N–H and O–H groups in total. The van der Waals surface area contributed by atoms with Gasteiger partial charge in [-0.3, -0.25) is 9.78 Å². The molecule has 0 radical (unpaired) electrons. The van der Waals surface area contributed by atoms with Crippen LogP contribution < -0.4 is 9.47 Å². The fourth-order valence-electron chi connectivity index (χ4n) is 3.26. The molecule has 2 aromatic rings. The van der Waals surface area contributed by atoms with E-state index in [0.717, 1.165) is 55.1 Å². The molecule has 1 saturated heterocycles. The van der Waals surface area contributed by atoms with Crippen LogP contribution in [0.4, 0.5) is 0 Å². The molecule has 1 amide bonds. The second-order valence-corrected chi connectivity index (χ2v) is 6.64. The fourth-order valence-corrected chi connectivity index (χ4v) is 3.26. The van der Waals surface area contributed by atoms with Gasteiger partial charge in [0.05, 0.1) is 13.7 Å². The van der Waals surface area contributed by atoms with Crippen LogP contribution in [0.1, 0.15) is 35.8 Å². The van der Waals surface area contributed by atoms with Gasteiger partial charge in [0.2, 0.25) is 0 Å². The summed E-state index contributed by atoms with van der Waals surface area (Å²) in [5.74, 6) is 2.09. The molecule has 138 valence electrons. The lowest BCUT2D eigenvalue weighted by atomic mass is 9.98. The van der Waals surface area contributed by atoms with Crippen LogP contribution in [0, 0.1) is 5.92 Å². The maximum atomic E-state index is 12.8. The zero-order valence-electron chi connectivity index (χ0n) is 15.5. The highest BCUT2D eigenvalue weighted by Gasteiger charge is 2.25. The van der Waals surface area contributed by atoms with Crippen LogP contribution >= 0.6 is 0 Å². The fraction of sp³-hybridized carbons (Fsp3) is 0.429. The number of rotatable bonds is 6. The summed E-state index contributed by atoms with van der Waals surface area (Å²) in [4.78, 5) is 19.0. The number of carbonyl (C=O) groups is 1. The summed E-state index contributed by atoms with van der Waals surface area (Å²) in [7, 11) is 1.65. The molecular weight excluding hydrogens is 328 g/mol. The molecule has 1 aliphatic heterocycles. The van der Waals surface area contributed by atoms with Gasteiger partial charge in [0.15, 0.2) is 0 Å². The first-order chi connectivity index (χ1) is 12.7. The average Bonchev–Trinajstić information content (AvgIpc) is 2.72. The number of ether oxygens (including phenoxy) is 2. The smallest absolute Gasteiger partial charge is 0.253 e. The van der Waals surface area contributed by atoms with Gasteiger partial charge in [0.25, 0.3) is 5.91 Å². The second kappa shape index (κ2) is 8.70. The zero-order valence-corrected chi connectivity index (χ0v) is 15.5. The SMILES string of the molecule is CCc1cc(C(=O)N2CCCC(COc3ccc(OC)cc3)C2)ccn1. The minimum Gasteiger partial charge on any atom is -0.497 e. The summed E-state index contributed by atoms with van der Waals surface area (Å²) in [5.41, 5.74) is 1.68. The van der Waals surface area contributed by atoms with Crippen molar-refractivity contribution in [3.8, 4) is 11.5 Å². The Labute approximate surface area is 155 Å². The second-order valence-electron chi connectivity index (χ2n) is 6.64. The van der Waals surface area contributed by atoms with Crippen molar-refractivity contribution >= 4 is 5.91 Å². The summed E-state index contributed by atoms with van der Waals surface area (Å²) in [6.45, 7) is 4.21. The number of hydrogen-bond acceptors (Lipinski definition) is 4. The third-order valence-corrected chi connectivity index (χ3v) is 4.78. The number of piperidine rings is 1. The Kier molecular flexibility index (Phi) is 6.10. The van der Waals surface area contributed by atoms with Crippen molar-refractivity contribution < 1.29 is 14.3 Å². The number of amides is 1. The van der Waals surface area contributed by atoms with Crippen LogP contribution in [0.5, 0.6) is 11.5 Å². The Morgan fingerprint density at radius 2 is 2.00 bits per heavy atom. The molecule has 5 heteroatoms. The lowest BCUT2D eigenvalue weighted by molar-refractivity contribution is 0.0633. The lowest BCUT2D eigenvalue weighted by Gasteiger charge is -2.32. The minimum atomic E-state index is 0.0937. The Morgan fingerprint density at radius 1 is 1.23 bits per heavy atom. The molecule has 0 bridgehead atoms. The van der Waals surface area contributed by atoms with Gasteiger partial charge in [-0.15, -0.1) is 0 Å². The first-order valence-corrected chi connectivity index (χ1v) is 9.20. The standard InChI is InChI=1S/C21H26N2O3/c1-3-18-13-17(10-11-22-18)21(24)23-12-4-5-16(14-23)15-26-20-8-6-19(25-2)7-9-20/h6-11,13,16H,3-5,12,14-15H2,1-2H3. The third kappa shape index (κ3) is 4.54. The van der Waals surface area contributed by atoms with Crippen molar-refractivity contribution in [1.29, 1.82) is 0 Å². The molecule has 0 saturated carbocycles. The number of nitrogens with zero attached hydrogens (tertiary/aromatic N) is 2. The molecule has 1 aromatic heterocycles. The van der Waals surface area contributed by atoms with E-state index in [1.807, 2.05) is 42.2 Å². The van der Waals surface area contributed by atoms with Crippen molar-refractivity contribution in [2.45, 2.75) is 26.2 Å². The third-order valence-electron chi connectivity index (χ3n) is 4.78. The molecule has 1 unspecified atom stereocenters. The van der Waals surface area contributed by atoms with Crippen molar-refractivity contribution in [2.75, 3.05) is 26.8 Å². The largest absolute Gasteiger partial charge is 0.497 e. The van der Waals surface area contributed by atoms with Gasteiger partial charge in [-0.25, -0.2) is 0 Å². The highest BCUT2D eigenvalue weighted by Crippen LogP contribution is 2.22. The highest BCUT2D eigenvalue weighted by atomic mass is 16.5. The van der Waals surface area contributed by atoms with Crippen LogP contribution in [-0.2, 0) is 6.42 Å². The van der Waals surface area contributed by atoms with E-state index >= 15 is 0 Å². The van der Waals surface area contributed by atoms with E-state index in [2.05, 4.69) is 4.98 Å². The van der Waals surface area contributed by atoms with E-state index in [-0.39, 0.29) is 5.91 Å². The van der Waals surface area contributed by atoms with E-state index < -0.39 is 0 Å². The van der Waals surface area contributed by atoms with E-state index in [1.165, 1.54) is 0 Å². The van der Waals surface area contributed by atoms with Gasteiger partial charge in [-0.2, -0.15) is 0 Å².